The predicted octanol–water partition coefficient (Wildman–Crippen LogP) is 4.69. The minimum absolute atomic E-state index is 0.107. The Morgan fingerprint density at radius 1 is 1.32 bits per heavy atom. The zero-order chi connectivity index (χ0) is 18.2. The average Bonchev–Trinajstić information content (AvgIpc) is 2.83. The van der Waals surface area contributed by atoms with E-state index in [9.17, 15) is 4.79 Å². The molecule has 0 bridgehead atoms. The highest BCUT2D eigenvalue weighted by Gasteiger charge is 2.32. The Balaban J connectivity index is 1.68. The van der Waals surface area contributed by atoms with Crippen molar-refractivity contribution in [3.63, 3.8) is 0 Å². The molecule has 0 aromatic heterocycles. The summed E-state index contributed by atoms with van der Waals surface area (Å²) in [6.07, 6.45) is 0.823. The van der Waals surface area contributed by atoms with Crippen molar-refractivity contribution in [1.29, 1.82) is 0 Å². The molecule has 1 aliphatic heterocycles. The van der Waals surface area contributed by atoms with Gasteiger partial charge in [0.15, 0.2) is 18.1 Å². The van der Waals surface area contributed by atoms with Gasteiger partial charge in [0.05, 0.1) is 10.7 Å². The van der Waals surface area contributed by atoms with Crippen LogP contribution in [0.25, 0.3) is 0 Å². The molecule has 2 aromatic rings. The molecule has 0 saturated carbocycles. The molecule has 2 aromatic carbocycles. The number of hydrogen-bond donors (Lipinski definition) is 1. The van der Waals surface area contributed by atoms with Crippen molar-refractivity contribution in [3.05, 3.63) is 52.0 Å². The van der Waals surface area contributed by atoms with Crippen LogP contribution in [0.4, 0.5) is 5.69 Å². The van der Waals surface area contributed by atoms with Crippen molar-refractivity contribution in [2.24, 2.45) is 0 Å². The lowest BCUT2D eigenvalue weighted by Crippen LogP contribution is -2.25. The highest BCUT2D eigenvalue weighted by molar-refractivity contribution is 6.34. The van der Waals surface area contributed by atoms with Gasteiger partial charge in [-0.05, 0) is 51.0 Å². The fraction of sp³-hybridized carbons (Fsp3) is 0.350. The maximum absolute atomic E-state index is 12.3. The molecule has 1 heterocycles. The van der Waals surface area contributed by atoms with E-state index in [0.717, 1.165) is 28.9 Å². The van der Waals surface area contributed by atoms with Crippen LogP contribution in [-0.4, -0.2) is 18.1 Å². The first kappa shape index (κ1) is 17.6. The summed E-state index contributed by atoms with van der Waals surface area (Å²) in [5, 5.41) is 3.35. The van der Waals surface area contributed by atoms with Crippen molar-refractivity contribution < 1.29 is 14.3 Å². The molecule has 3 rings (SSSR count). The van der Waals surface area contributed by atoms with E-state index in [0.29, 0.717) is 16.5 Å². The van der Waals surface area contributed by atoms with Crippen LogP contribution in [0.3, 0.4) is 0 Å². The lowest BCUT2D eigenvalue weighted by Gasteiger charge is -2.18. The normalized spacial score (nSPS) is 14.6. The summed E-state index contributed by atoms with van der Waals surface area (Å²) in [6, 6.07) is 9.55. The molecule has 0 fully saturated rings. The Bertz CT molecular complexity index is 807. The third-order valence-corrected chi connectivity index (χ3v) is 4.41. The highest BCUT2D eigenvalue weighted by Crippen LogP contribution is 2.41. The predicted molar refractivity (Wildman–Crippen MR) is 99.9 cm³/mol. The van der Waals surface area contributed by atoms with E-state index in [1.165, 1.54) is 0 Å². The van der Waals surface area contributed by atoms with Gasteiger partial charge in [0.2, 0.25) is 0 Å². The fourth-order valence-corrected chi connectivity index (χ4v) is 3.46. The van der Waals surface area contributed by atoms with E-state index in [1.807, 2.05) is 58.0 Å². The average molecular weight is 360 g/mol. The van der Waals surface area contributed by atoms with Crippen LogP contribution in [-0.2, 0) is 11.2 Å². The monoisotopic (exact) mass is 359 g/mol. The first-order valence-electron chi connectivity index (χ1n) is 8.25. The van der Waals surface area contributed by atoms with Gasteiger partial charge in [0.1, 0.15) is 5.60 Å². The van der Waals surface area contributed by atoms with Gasteiger partial charge in [-0.2, -0.15) is 0 Å². The Morgan fingerprint density at radius 3 is 2.80 bits per heavy atom. The summed E-state index contributed by atoms with van der Waals surface area (Å²) in [5.74, 6) is 1.05. The molecule has 0 atom stereocenters. The number of nitrogens with one attached hydrogen (secondary N) is 1. The summed E-state index contributed by atoms with van der Waals surface area (Å²) >= 11 is 6.23. The third-order valence-electron chi connectivity index (χ3n) is 4.11. The number of halogens is 1. The summed E-state index contributed by atoms with van der Waals surface area (Å²) in [4.78, 5) is 12.3. The molecule has 0 spiro atoms. The Kier molecular flexibility index (Phi) is 4.65. The van der Waals surface area contributed by atoms with Gasteiger partial charge in [0.25, 0.3) is 5.91 Å². The molecule has 5 heteroatoms. The molecule has 0 unspecified atom stereocenters. The fourth-order valence-electron chi connectivity index (χ4n) is 3.09. The van der Waals surface area contributed by atoms with Gasteiger partial charge in [-0.1, -0.05) is 29.8 Å². The van der Waals surface area contributed by atoms with Gasteiger partial charge in [-0.15, -0.1) is 0 Å². The number of aryl methyl sites for hydroxylation is 2. The number of carbonyl (C=O) groups excluding carboxylic acids is 1. The second-order valence-electron chi connectivity index (χ2n) is 7.06. The summed E-state index contributed by atoms with van der Waals surface area (Å²) < 4.78 is 11.6. The largest absolute Gasteiger partial charge is 0.483 e. The zero-order valence-electron chi connectivity index (χ0n) is 14.9. The highest BCUT2D eigenvalue weighted by atomic mass is 35.5. The van der Waals surface area contributed by atoms with Crippen LogP contribution in [0, 0.1) is 13.8 Å². The number of anilines is 1. The number of carbonyl (C=O) groups is 1. The van der Waals surface area contributed by atoms with Crippen molar-refractivity contribution in [2.75, 3.05) is 11.9 Å². The van der Waals surface area contributed by atoms with E-state index in [-0.39, 0.29) is 18.1 Å². The minimum Gasteiger partial charge on any atom is -0.483 e. The van der Waals surface area contributed by atoms with E-state index in [1.54, 1.807) is 0 Å². The van der Waals surface area contributed by atoms with Gasteiger partial charge >= 0.3 is 0 Å². The number of ether oxygens (including phenoxy) is 2. The number of amides is 1. The smallest absolute Gasteiger partial charge is 0.262 e. The second-order valence-corrected chi connectivity index (χ2v) is 7.47. The molecule has 0 saturated heterocycles. The Morgan fingerprint density at radius 2 is 2.08 bits per heavy atom. The quantitative estimate of drug-likeness (QED) is 0.861. The molecule has 0 aliphatic carbocycles. The maximum atomic E-state index is 12.3. The molecule has 0 radical (unpaired) electrons. The summed E-state index contributed by atoms with van der Waals surface area (Å²) in [7, 11) is 0. The molecule has 1 amide bonds. The molecule has 25 heavy (non-hydrogen) atoms. The van der Waals surface area contributed by atoms with Crippen LogP contribution in [0.15, 0.2) is 30.3 Å². The van der Waals surface area contributed by atoms with Crippen LogP contribution < -0.4 is 14.8 Å². The summed E-state index contributed by atoms with van der Waals surface area (Å²) in [5.41, 5.74) is 3.44. The zero-order valence-corrected chi connectivity index (χ0v) is 15.7. The van der Waals surface area contributed by atoms with Gasteiger partial charge in [-0.25, -0.2) is 0 Å². The van der Waals surface area contributed by atoms with E-state index in [2.05, 4.69) is 5.32 Å². The standard InChI is InChI=1S/C20H22ClNO3/c1-12-8-13(2)18(15(21)9-12)22-17(23)11-24-16-7-5-6-14-10-20(3,4)25-19(14)16/h5-9H,10-11H2,1-4H3,(H,22,23). The van der Waals surface area contributed by atoms with E-state index < -0.39 is 0 Å². The van der Waals surface area contributed by atoms with E-state index >= 15 is 0 Å². The van der Waals surface area contributed by atoms with Crippen molar-refractivity contribution in [3.8, 4) is 11.5 Å². The SMILES string of the molecule is Cc1cc(C)c(NC(=O)COc2cccc3c2OC(C)(C)C3)c(Cl)c1. The second kappa shape index (κ2) is 6.60. The lowest BCUT2D eigenvalue weighted by molar-refractivity contribution is -0.118. The topological polar surface area (TPSA) is 47.6 Å². The third kappa shape index (κ3) is 3.90. The van der Waals surface area contributed by atoms with Crippen LogP contribution in [0.1, 0.15) is 30.5 Å². The Hall–Kier alpha value is -2.20. The molecule has 1 aliphatic rings. The first-order chi connectivity index (χ1) is 11.7. The van der Waals surface area contributed by atoms with Crippen molar-refractivity contribution in [2.45, 2.75) is 39.7 Å². The number of rotatable bonds is 4. The van der Waals surface area contributed by atoms with Gasteiger partial charge in [-0.3, -0.25) is 4.79 Å². The number of para-hydroxylation sites is 1. The first-order valence-corrected chi connectivity index (χ1v) is 8.63. The van der Waals surface area contributed by atoms with Crippen molar-refractivity contribution in [1.82, 2.24) is 0 Å². The number of benzene rings is 2. The number of hydrogen-bond acceptors (Lipinski definition) is 3. The molecule has 132 valence electrons. The van der Waals surface area contributed by atoms with Gasteiger partial charge in [0, 0.05) is 12.0 Å². The number of fused-ring (bicyclic) bond motifs is 1. The van der Waals surface area contributed by atoms with Crippen LogP contribution in [0.2, 0.25) is 5.02 Å². The van der Waals surface area contributed by atoms with Crippen LogP contribution >= 0.6 is 11.6 Å². The van der Waals surface area contributed by atoms with Crippen LogP contribution in [0.5, 0.6) is 11.5 Å². The Labute approximate surface area is 153 Å². The molecular formula is C20H22ClNO3. The molecule has 4 nitrogen and oxygen atoms in total. The minimum atomic E-state index is -0.260. The van der Waals surface area contributed by atoms with E-state index in [4.69, 9.17) is 21.1 Å². The maximum Gasteiger partial charge on any atom is 0.262 e. The molecule has 1 N–H and O–H groups in total. The molecular weight excluding hydrogens is 338 g/mol. The summed E-state index contributed by atoms with van der Waals surface area (Å²) in [6.45, 7) is 7.83. The van der Waals surface area contributed by atoms with Gasteiger partial charge < -0.3 is 14.8 Å². The van der Waals surface area contributed by atoms with Crippen molar-refractivity contribution >= 4 is 23.2 Å². The lowest BCUT2D eigenvalue weighted by atomic mass is 10.0.